The van der Waals surface area contributed by atoms with Crippen molar-refractivity contribution in [2.45, 2.75) is 45.0 Å². The van der Waals surface area contributed by atoms with Gasteiger partial charge >= 0.3 is 0 Å². The highest BCUT2D eigenvalue weighted by atomic mass is 35.5. The molecule has 0 saturated heterocycles. The van der Waals surface area contributed by atoms with Crippen LogP contribution in [0.3, 0.4) is 0 Å². The van der Waals surface area contributed by atoms with Gasteiger partial charge in [-0.3, -0.25) is 9.59 Å². The van der Waals surface area contributed by atoms with Crippen LogP contribution in [0, 0.1) is 0 Å². The van der Waals surface area contributed by atoms with E-state index in [0.717, 1.165) is 17.5 Å². The molecule has 0 heterocycles. The number of nitrogens with zero attached hydrogens (tertiary/aromatic N) is 1. The third kappa shape index (κ3) is 8.03. The average molecular weight is 536 g/mol. The number of benzene rings is 2. The smallest absolute Gasteiger partial charge is 0.242 e. The van der Waals surface area contributed by atoms with Gasteiger partial charge in [0.1, 0.15) is 6.04 Å². The zero-order valence-electron chi connectivity index (χ0n) is 18.0. The second-order valence-corrected chi connectivity index (χ2v) is 9.86. The summed E-state index contributed by atoms with van der Waals surface area (Å²) in [6.07, 6.45) is 1.31. The molecule has 0 fully saturated rings. The van der Waals surface area contributed by atoms with Crippen molar-refractivity contribution in [2.24, 2.45) is 0 Å². The summed E-state index contributed by atoms with van der Waals surface area (Å²) in [7, 11) is 0. The molecule has 174 valence electrons. The summed E-state index contributed by atoms with van der Waals surface area (Å²) in [4.78, 5) is 27.6. The first-order valence-corrected chi connectivity index (χ1v) is 13.0. The SMILES string of the molecule is CCCNC(=O)[C@H](CC)N(Cc1ccc(Cl)cc1Cl)C(=O)CSCc1ccc(Cl)c(Cl)c1. The van der Waals surface area contributed by atoms with Crippen LogP contribution in [0.4, 0.5) is 0 Å². The Morgan fingerprint density at radius 2 is 1.75 bits per heavy atom. The number of rotatable bonds is 11. The third-order valence-corrected chi connectivity index (χ3v) is 7.08. The monoisotopic (exact) mass is 534 g/mol. The average Bonchev–Trinajstić information content (AvgIpc) is 2.75. The zero-order valence-corrected chi connectivity index (χ0v) is 21.8. The Morgan fingerprint density at radius 3 is 2.38 bits per heavy atom. The van der Waals surface area contributed by atoms with Gasteiger partial charge in [-0.25, -0.2) is 0 Å². The highest BCUT2D eigenvalue weighted by Gasteiger charge is 2.28. The predicted octanol–water partition coefficient (Wildman–Crippen LogP) is 6.87. The molecule has 2 aromatic carbocycles. The molecule has 0 saturated carbocycles. The number of nitrogens with one attached hydrogen (secondary N) is 1. The van der Waals surface area contributed by atoms with Crippen molar-refractivity contribution in [2.75, 3.05) is 12.3 Å². The molecule has 0 aliphatic rings. The second-order valence-electron chi connectivity index (χ2n) is 7.21. The van der Waals surface area contributed by atoms with E-state index in [-0.39, 0.29) is 24.1 Å². The molecular weight excluding hydrogens is 510 g/mol. The van der Waals surface area contributed by atoms with Crippen LogP contribution in [0.5, 0.6) is 0 Å². The first-order chi connectivity index (χ1) is 15.3. The van der Waals surface area contributed by atoms with Gasteiger partial charge in [0.25, 0.3) is 0 Å². The van der Waals surface area contributed by atoms with Crippen LogP contribution in [0.15, 0.2) is 36.4 Å². The minimum Gasteiger partial charge on any atom is -0.354 e. The Hall–Kier alpha value is -1.11. The molecule has 0 bridgehead atoms. The summed E-state index contributed by atoms with van der Waals surface area (Å²) in [6.45, 7) is 4.66. The van der Waals surface area contributed by atoms with Crippen molar-refractivity contribution >= 4 is 70.0 Å². The summed E-state index contributed by atoms with van der Waals surface area (Å²) >= 11 is 25.9. The van der Waals surface area contributed by atoms with Gasteiger partial charge in [-0.15, -0.1) is 11.8 Å². The summed E-state index contributed by atoms with van der Waals surface area (Å²) in [6, 6.07) is 9.96. The summed E-state index contributed by atoms with van der Waals surface area (Å²) in [5.41, 5.74) is 1.71. The van der Waals surface area contributed by atoms with Crippen molar-refractivity contribution in [3.05, 3.63) is 67.6 Å². The summed E-state index contributed by atoms with van der Waals surface area (Å²) in [5, 5.41) is 4.85. The number of hydrogen-bond acceptors (Lipinski definition) is 3. The Kier molecular flexibility index (Phi) is 11.5. The van der Waals surface area contributed by atoms with Gasteiger partial charge in [-0.1, -0.05) is 72.4 Å². The first kappa shape index (κ1) is 27.1. The molecular formula is C23H26Cl4N2O2S. The lowest BCUT2D eigenvalue weighted by atomic mass is 10.1. The van der Waals surface area contributed by atoms with Crippen LogP contribution in [-0.4, -0.2) is 35.1 Å². The van der Waals surface area contributed by atoms with Crippen LogP contribution in [0.25, 0.3) is 0 Å². The van der Waals surface area contributed by atoms with Crippen molar-refractivity contribution in [3.8, 4) is 0 Å². The first-order valence-electron chi connectivity index (χ1n) is 10.3. The van der Waals surface area contributed by atoms with Crippen LogP contribution in [0.1, 0.15) is 37.8 Å². The van der Waals surface area contributed by atoms with E-state index in [1.54, 1.807) is 35.2 Å². The molecule has 32 heavy (non-hydrogen) atoms. The molecule has 1 atom stereocenters. The molecule has 2 aromatic rings. The fourth-order valence-electron chi connectivity index (χ4n) is 3.09. The van der Waals surface area contributed by atoms with Gasteiger partial charge < -0.3 is 10.2 Å². The molecule has 0 unspecified atom stereocenters. The highest BCUT2D eigenvalue weighted by molar-refractivity contribution is 7.99. The number of carbonyl (C=O) groups is 2. The maximum atomic E-state index is 13.2. The molecule has 0 spiro atoms. The van der Waals surface area contributed by atoms with E-state index in [4.69, 9.17) is 46.4 Å². The molecule has 0 aromatic heterocycles. The second kappa shape index (κ2) is 13.6. The van der Waals surface area contributed by atoms with Gasteiger partial charge in [-0.2, -0.15) is 0 Å². The van der Waals surface area contributed by atoms with E-state index >= 15 is 0 Å². The summed E-state index contributed by atoms with van der Waals surface area (Å²) < 4.78 is 0. The Balaban J connectivity index is 2.16. The maximum Gasteiger partial charge on any atom is 0.242 e. The Morgan fingerprint density at radius 1 is 1.00 bits per heavy atom. The van der Waals surface area contributed by atoms with Gasteiger partial charge in [0.05, 0.1) is 15.8 Å². The lowest BCUT2D eigenvalue weighted by Crippen LogP contribution is -2.49. The molecule has 0 aliphatic heterocycles. The highest BCUT2D eigenvalue weighted by Crippen LogP contribution is 2.26. The third-order valence-electron chi connectivity index (χ3n) is 4.77. The van der Waals surface area contributed by atoms with Gasteiger partial charge in [-0.05, 0) is 48.2 Å². The normalized spacial score (nSPS) is 11.8. The van der Waals surface area contributed by atoms with E-state index in [1.807, 2.05) is 19.9 Å². The Bertz CT molecular complexity index is 942. The van der Waals surface area contributed by atoms with Crippen molar-refractivity contribution in [1.29, 1.82) is 0 Å². The van der Waals surface area contributed by atoms with Crippen molar-refractivity contribution < 1.29 is 9.59 Å². The number of hydrogen-bond donors (Lipinski definition) is 1. The van der Waals surface area contributed by atoms with Crippen LogP contribution < -0.4 is 5.32 Å². The molecule has 9 heteroatoms. The van der Waals surface area contributed by atoms with E-state index < -0.39 is 6.04 Å². The maximum absolute atomic E-state index is 13.2. The van der Waals surface area contributed by atoms with E-state index in [9.17, 15) is 9.59 Å². The van der Waals surface area contributed by atoms with Crippen LogP contribution >= 0.6 is 58.2 Å². The fourth-order valence-corrected chi connectivity index (χ4v) is 4.73. The van der Waals surface area contributed by atoms with E-state index in [2.05, 4.69) is 5.32 Å². The van der Waals surface area contributed by atoms with Gasteiger partial charge in [0, 0.05) is 28.9 Å². The quantitative estimate of drug-likeness (QED) is 0.341. The topological polar surface area (TPSA) is 49.4 Å². The van der Waals surface area contributed by atoms with Gasteiger partial charge in [0.2, 0.25) is 11.8 Å². The molecule has 2 amide bonds. The standard InChI is InChI=1S/C23H26Cl4N2O2S/c1-3-9-28-23(31)21(4-2)29(12-16-6-7-17(24)11-19(16)26)22(30)14-32-13-15-5-8-18(25)20(27)10-15/h5-8,10-11,21H,3-4,9,12-14H2,1-2H3,(H,28,31)/t21-/m0/s1. The van der Waals surface area contributed by atoms with E-state index in [0.29, 0.717) is 38.8 Å². The van der Waals surface area contributed by atoms with Crippen molar-refractivity contribution in [3.63, 3.8) is 0 Å². The number of carbonyl (C=O) groups excluding carboxylic acids is 2. The lowest BCUT2D eigenvalue weighted by molar-refractivity contribution is -0.139. The molecule has 1 N–H and O–H groups in total. The molecule has 0 radical (unpaired) electrons. The summed E-state index contributed by atoms with van der Waals surface area (Å²) in [5.74, 6) is 0.502. The predicted molar refractivity (Wildman–Crippen MR) is 137 cm³/mol. The van der Waals surface area contributed by atoms with Crippen LogP contribution in [-0.2, 0) is 21.9 Å². The van der Waals surface area contributed by atoms with Gasteiger partial charge in [0.15, 0.2) is 0 Å². The minimum absolute atomic E-state index is 0.139. The lowest BCUT2D eigenvalue weighted by Gasteiger charge is -2.31. The number of halogens is 4. The number of amides is 2. The Labute approximate surface area is 213 Å². The molecule has 0 aliphatic carbocycles. The number of thioether (sulfide) groups is 1. The van der Waals surface area contributed by atoms with E-state index in [1.165, 1.54) is 11.8 Å². The molecule has 2 rings (SSSR count). The largest absolute Gasteiger partial charge is 0.354 e. The minimum atomic E-state index is -0.591. The zero-order chi connectivity index (χ0) is 23.7. The van der Waals surface area contributed by atoms with Crippen LogP contribution in [0.2, 0.25) is 20.1 Å². The van der Waals surface area contributed by atoms with Crippen molar-refractivity contribution in [1.82, 2.24) is 10.2 Å². The fraction of sp³-hybridized carbons (Fsp3) is 0.391. The molecule has 4 nitrogen and oxygen atoms in total.